The van der Waals surface area contributed by atoms with E-state index in [0.717, 1.165) is 5.56 Å². The van der Waals surface area contributed by atoms with E-state index in [4.69, 9.17) is 0 Å². The first-order valence-corrected chi connectivity index (χ1v) is 5.99. The summed E-state index contributed by atoms with van der Waals surface area (Å²) >= 11 is 0. The highest BCUT2D eigenvalue weighted by Gasteiger charge is 2.13. The molecule has 18 heavy (non-hydrogen) atoms. The van der Waals surface area contributed by atoms with Crippen LogP contribution in [-0.4, -0.2) is 5.78 Å². The third kappa shape index (κ3) is 2.48. The largest absolute Gasteiger partial charge is 0.288 e. The van der Waals surface area contributed by atoms with Gasteiger partial charge in [0.05, 0.1) is 5.56 Å². The van der Waals surface area contributed by atoms with Gasteiger partial charge in [-0.3, -0.25) is 4.79 Å². The highest BCUT2D eigenvalue weighted by Crippen LogP contribution is 2.19. The zero-order valence-electron chi connectivity index (χ0n) is 10.5. The van der Waals surface area contributed by atoms with Gasteiger partial charge in [0, 0.05) is 5.56 Å². The van der Waals surface area contributed by atoms with Crippen LogP contribution in [0, 0.1) is 5.82 Å². The highest BCUT2D eigenvalue weighted by molar-refractivity contribution is 6.09. The molecule has 0 fully saturated rings. The Morgan fingerprint density at radius 2 is 1.78 bits per heavy atom. The van der Waals surface area contributed by atoms with E-state index in [2.05, 4.69) is 13.8 Å². The van der Waals surface area contributed by atoms with E-state index in [9.17, 15) is 9.18 Å². The normalized spacial score (nSPS) is 10.7. The topological polar surface area (TPSA) is 17.1 Å². The predicted molar refractivity (Wildman–Crippen MR) is 70.4 cm³/mol. The van der Waals surface area contributed by atoms with Gasteiger partial charge in [0.1, 0.15) is 5.82 Å². The first kappa shape index (κ1) is 12.5. The van der Waals surface area contributed by atoms with Crippen LogP contribution >= 0.6 is 0 Å². The van der Waals surface area contributed by atoms with Crippen molar-refractivity contribution in [3.05, 3.63) is 71.0 Å². The smallest absolute Gasteiger partial charge is 0.195 e. The number of hydrogen-bond donors (Lipinski definition) is 0. The van der Waals surface area contributed by atoms with Gasteiger partial charge in [0.25, 0.3) is 0 Å². The Labute approximate surface area is 106 Å². The molecule has 0 saturated heterocycles. The van der Waals surface area contributed by atoms with E-state index in [1.807, 2.05) is 18.2 Å². The van der Waals surface area contributed by atoms with Crippen molar-refractivity contribution < 1.29 is 9.18 Å². The zero-order valence-corrected chi connectivity index (χ0v) is 10.5. The third-order valence-electron chi connectivity index (χ3n) is 2.93. The Balaban J connectivity index is 2.41. The molecule has 1 nitrogen and oxygen atoms in total. The summed E-state index contributed by atoms with van der Waals surface area (Å²) in [4.78, 5) is 12.2. The monoisotopic (exact) mass is 242 g/mol. The van der Waals surface area contributed by atoms with Crippen molar-refractivity contribution >= 4 is 5.78 Å². The lowest BCUT2D eigenvalue weighted by atomic mass is 9.96. The lowest BCUT2D eigenvalue weighted by Crippen LogP contribution is -2.04. The second-order valence-electron chi connectivity index (χ2n) is 4.59. The van der Waals surface area contributed by atoms with Crippen molar-refractivity contribution in [2.75, 3.05) is 0 Å². The molecule has 0 heterocycles. The molecular weight excluding hydrogens is 227 g/mol. The maximum Gasteiger partial charge on any atom is 0.195 e. The molecule has 0 saturated carbocycles. The van der Waals surface area contributed by atoms with E-state index in [1.54, 1.807) is 18.2 Å². The Morgan fingerprint density at radius 3 is 2.44 bits per heavy atom. The minimum atomic E-state index is -0.475. The summed E-state index contributed by atoms with van der Waals surface area (Å²) in [5.41, 5.74) is 1.74. The van der Waals surface area contributed by atoms with Crippen LogP contribution in [0.5, 0.6) is 0 Å². The van der Waals surface area contributed by atoms with Gasteiger partial charge in [-0.1, -0.05) is 44.2 Å². The lowest BCUT2D eigenvalue weighted by Gasteiger charge is -2.08. The molecule has 0 bridgehead atoms. The molecule has 2 rings (SSSR count). The molecule has 92 valence electrons. The van der Waals surface area contributed by atoms with Crippen molar-refractivity contribution in [2.24, 2.45) is 0 Å². The van der Waals surface area contributed by atoms with Crippen LogP contribution in [0.25, 0.3) is 0 Å². The van der Waals surface area contributed by atoms with Crippen LogP contribution < -0.4 is 0 Å². The van der Waals surface area contributed by atoms with Crippen molar-refractivity contribution in [2.45, 2.75) is 19.8 Å². The Kier molecular flexibility index (Phi) is 3.56. The predicted octanol–water partition coefficient (Wildman–Crippen LogP) is 4.18. The van der Waals surface area contributed by atoms with Crippen molar-refractivity contribution in [1.82, 2.24) is 0 Å². The van der Waals surface area contributed by atoms with E-state index < -0.39 is 5.82 Å². The molecule has 0 aliphatic heterocycles. The number of hydrogen-bond acceptors (Lipinski definition) is 1. The molecule has 0 aliphatic carbocycles. The quantitative estimate of drug-likeness (QED) is 0.738. The number of carbonyl (C=O) groups excluding carboxylic acids is 1. The van der Waals surface area contributed by atoms with Gasteiger partial charge in [-0.05, 0) is 29.7 Å². The number of ketones is 1. The van der Waals surface area contributed by atoms with E-state index >= 15 is 0 Å². The van der Waals surface area contributed by atoms with Gasteiger partial charge in [-0.25, -0.2) is 4.39 Å². The molecule has 0 amide bonds. The van der Waals surface area contributed by atoms with Crippen LogP contribution in [0.4, 0.5) is 4.39 Å². The number of benzene rings is 2. The molecule has 0 aliphatic rings. The van der Waals surface area contributed by atoms with Crippen LogP contribution in [0.1, 0.15) is 41.3 Å². The first-order chi connectivity index (χ1) is 8.59. The average Bonchev–Trinajstić information content (AvgIpc) is 2.38. The van der Waals surface area contributed by atoms with E-state index in [0.29, 0.717) is 11.5 Å². The maximum atomic E-state index is 13.6. The van der Waals surface area contributed by atoms with E-state index in [-0.39, 0.29) is 11.3 Å². The number of carbonyl (C=O) groups is 1. The van der Waals surface area contributed by atoms with Crippen LogP contribution in [0.3, 0.4) is 0 Å². The molecule has 2 heteroatoms. The molecule has 0 N–H and O–H groups in total. The summed E-state index contributed by atoms with van der Waals surface area (Å²) in [6.45, 7) is 4.12. The minimum absolute atomic E-state index is 0.124. The summed E-state index contributed by atoms with van der Waals surface area (Å²) in [7, 11) is 0. The molecule has 2 aromatic carbocycles. The van der Waals surface area contributed by atoms with Crippen molar-refractivity contribution in [3.63, 3.8) is 0 Å². The average molecular weight is 242 g/mol. The molecular formula is C16H15FO. The van der Waals surface area contributed by atoms with Gasteiger partial charge < -0.3 is 0 Å². The standard InChI is InChI=1S/C16H15FO/c1-11(2)12-6-5-7-13(10-12)16(18)14-8-3-4-9-15(14)17/h3-11H,1-2H3. The van der Waals surface area contributed by atoms with Crippen LogP contribution in [0.15, 0.2) is 48.5 Å². The fraction of sp³-hybridized carbons (Fsp3) is 0.188. The van der Waals surface area contributed by atoms with Gasteiger partial charge in [0.15, 0.2) is 5.78 Å². The van der Waals surface area contributed by atoms with Crippen molar-refractivity contribution in [3.8, 4) is 0 Å². The molecule has 0 aromatic heterocycles. The van der Waals surface area contributed by atoms with Crippen LogP contribution in [-0.2, 0) is 0 Å². The van der Waals surface area contributed by atoms with Gasteiger partial charge in [-0.15, -0.1) is 0 Å². The summed E-state index contributed by atoms with van der Waals surface area (Å²) in [6, 6.07) is 13.4. The number of halogens is 1. The maximum absolute atomic E-state index is 13.6. The Morgan fingerprint density at radius 1 is 1.06 bits per heavy atom. The van der Waals surface area contributed by atoms with E-state index in [1.165, 1.54) is 12.1 Å². The highest BCUT2D eigenvalue weighted by atomic mass is 19.1. The molecule has 2 aromatic rings. The molecule has 0 radical (unpaired) electrons. The molecule has 0 atom stereocenters. The SMILES string of the molecule is CC(C)c1cccc(C(=O)c2ccccc2F)c1. The third-order valence-corrected chi connectivity index (χ3v) is 2.93. The van der Waals surface area contributed by atoms with Gasteiger partial charge >= 0.3 is 0 Å². The fourth-order valence-corrected chi connectivity index (χ4v) is 1.84. The summed E-state index contributed by atoms with van der Waals surface area (Å²) in [5.74, 6) is -0.397. The summed E-state index contributed by atoms with van der Waals surface area (Å²) in [6.07, 6.45) is 0. The summed E-state index contributed by atoms with van der Waals surface area (Å²) in [5, 5.41) is 0. The zero-order chi connectivity index (χ0) is 13.1. The second-order valence-corrected chi connectivity index (χ2v) is 4.59. The Bertz CT molecular complexity index is 573. The number of rotatable bonds is 3. The van der Waals surface area contributed by atoms with Gasteiger partial charge in [0.2, 0.25) is 0 Å². The fourth-order valence-electron chi connectivity index (χ4n) is 1.84. The summed E-state index contributed by atoms with van der Waals surface area (Å²) < 4.78 is 13.6. The second kappa shape index (κ2) is 5.13. The Hall–Kier alpha value is -1.96. The van der Waals surface area contributed by atoms with Gasteiger partial charge in [-0.2, -0.15) is 0 Å². The minimum Gasteiger partial charge on any atom is -0.288 e. The molecule has 0 spiro atoms. The van der Waals surface area contributed by atoms with Crippen LogP contribution in [0.2, 0.25) is 0 Å². The first-order valence-electron chi connectivity index (χ1n) is 5.99. The lowest BCUT2D eigenvalue weighted by molar-refractivity contribution is 0.103. The molecule has 0 unspecified atom stereocenters. The van der Waals surface area contributed by atoms with Crippen molar-refractivity contribution in [1.29, 1.82) is 0 Å².